The first kappa shape index (κ1) is 11.3. The van der Waals surface area contributed by atoms with Crippen LogP contribution in [0.1, 0.15) is 16.7 Å². The van der Waals surface area contributed by atoms with E-state index in [0.717, 1.165) is 4.46 Å². The molecular formula is C11H14O2Se. The fraction of sp³-hybridized carbons (Fsp3) is 0.364. The van der Waals surface area contributed by atoms with Crippen molar-refractivity contribution in [3.63, 3.8) is 0 Å². The number of hydrogen-bond donors (Lipinski definition) is 0. The Bertz CT molecular complexity index is 335. The van der Waals surface area contributed by atoms with Crippen LogP contribution in [0.2, 0.25) is 0 Å². The maximum absolute atomic E-state index is 11.2. The van der Waals surface area contributed by atoms with Gasteiger partial charge >= 0.3 is 90.5 Å². The predicted octanol–water partition coefficient (Wildman–Crippen LogP) is 1.71. The number of methoxy groups -OCH3 is 1. The summed E-state index contributed by atoms with van der Waals surface area (Å²) >= 11 is -0.212. The average molecular weight is 257 g/mol. The molecular weight excluding hydrogens is 243 g/mol. The molecule has 2 nitrogen and oxygen atoms in total. The van der Waals surface area contributed by atoms with E-state index in [9.17, 15) is 4.79 Å². The van der Waals surface area contributed by atoms with Crippen molar-refractivity contribution in [3.05, 3.63) is 28.8 Å². The van der Waals surface area contributed by atoms with Gasteiger partial charge in [0.15, 0.2) is 0 Å². The molecule has 0 saturated heterocycles. The quantitative estimate of drug-likeness (QED) is 0.754. The van der Waals surface area contributed by atoms with Gasteiger partial charge in [0, 0.05) is 0 Å². The molecule has 14 heavy (non-hydrogen) atoms. The molecule has 0 radical (unpaired) electrons. The van der Waals surface area contributed by atoms with Crippen molar-refractivity contribution >= 4 is 24.3 Å². The van der Waals surface area contributed by atoms with Gasteiger partial charge in [0.05, 0.1) is 0 Å². The van der Waals surface area contributed by atoms with E-state index in [-0.39, 0.29) is 19.8 Å². The zero-order valence-electron chi connectivity index (χ0n) is 8.88. The van der Waals surface area contributed by atoms with Crippen LogP contribution in [0.4, 0.5) is 4.79 Å². The summed E-state index contributed by atoms with van der Waals surface area (Å²) in [6.45, 7) is 6.15. The van der Waals surface area contributed by atoms with Gasteiger partial charge in [-0.2, -0.15) is 0 Å². The second-order valence-electron chi connectivity index (χ2n) is 3.28. The van der Waals surface area contributed by atoms with E-state index in [1.807, 2.05) is 13.8 Å². The van der Waals surface area contributed by atoms with Crippen LogP contribution in [0.3, 0.4) is 0 Å². The summed E-state index contributed by atoms with van der Waals surface area (Å²) in [4.78, 5) is 11.1. The molecule has 0 spiro atoms. The van der Waals surface area contributed by atoms with Crippen molar-refractivity contribution < 1.29 is 9.53 Å². The predicted molar refractivity (Wildman–Crippen MR) is 58.4 cm³/mol. The van der Waals surface area contributed by atoms with Crippen LogP contribution >= 0.6 is 0 Å². The van der Waals surface area contributed by atoms with E-state index in [2.05, 4.69) is 23.8 Å². The van der Waals surface area contributed by atoms with Gasteiger partial charge in [-0.05, 0) is 0 Å². The molecule has 1 aromatic rings. The summed E-state index contributed by atoms with van der Waals surface area (Å²) in [7, 11) is 1.43. The Balaban J connectivity index is 3.02. The molecule has 0 aromatic heterocycles. The molecule has 0 atom stereocenters. The number of benzene rings is 1. The van der Waals surface area contributed by atoms with Crippen LogP contribution in [0, 0.1) is 20.8 Å². The van der Waals surface area contributed by atoms with E-state index in [0.29, 0.717) is 0 Å². The second kappa shape index (κ2) is 4.63. The zero-order chi connectivity index (χ0) is 10.7. The van der Waals surface area contributed by atoms with E-state index in [1.54, 1.807) is 0 Å². The van der Waals surface area contributed by atoms with E-state index >= 15 is 0 Å². The van der Waals surface area contributed by atoms with Gasteiger partial charge in [-0.25, -0.2) is 0 Å². The Morgan fingerprint density at radius 3 is 2.14 bits per heavy atom. The molecule has 0 bridgehead atoms. The van der Waals surface area contributed by atoms with Crippen LogP contribution in [-0.2, 0) is 4.74 Å². The SMILES string of the molecule is COC(=O)[Se]c1c(C)cc(C)cc1C. The Labute approximate surface area is 90.8 Å². The first-order valence-electron chi connectivity index (χ1n) is 4.38. The summed E-state index contributed by atoms with van der Waals surface area (Å²) in [5.41, 5.74) is 3.62. The van der Waals surface area contributed by atoms with Crippen LogP contribution in [-0.4, -0.2) is 26.9 Å². The third kappa shape index (κ3) is 2.60. The van der Waals surface area contributed by atoms with Gasteiger partial charge < -0.3 is 0 Å². The van der Waals surface area contributed by atoms with Crippen LogP contribution in [0.25, 0.3) is 0 Å². The molecule has 0 aliphatic carbocycles. The fourth-order valence-electron chi connectivity index (χ4n) is 1.45. The van der Waals surface area contributed by atoms with Gasteiger partial charge in [-0.1, -0.05) is 0 Å². The summed E-state index contributed by atoms with van der Waals surface area (Å²) in [5.74, 6) is 0. The second-order valence-corrected chi connectivity index (χ2v) is 5.27. The van der Waals surface area contributed by atoms with Crippen molar-refractivity contribution in [1.82, 2.24) is 0 Å². The van der Waals surface area contributed by atoms with E-state index in [4.69, 9.17) is 0 Å². The first-order valence-corrected chi connectivity index (χ1v) is 6.09. The molecule has 0 unspecified atom stereocenters. The van der Waals surface area contributed by atoms with Crippen LogP contribution in [0.15, 0.2) is 12.1 Å². The molecule has 3 heteroatoms. The molecule has 0 amide bonds. The standard InChI is InChI=1S/C11H14O2Se/c1-7-5-8(2)10(9(3)6-7)14-11(12)13-4/h5-6H,1-4H3. The Kier molecular flexibility index (Phi) is 3.73. The van der Waals surface area contributed by atoms with Gasteiger partial charge in [0.1, 0.15) is 0 Å². The third-order valence-electron chi connectivity index (χ3n) is 1.96. The Hall–Kier alpha value is -0.791. The topological polar surface area (TPSA) is 26.3 Å². The molecule has 76 valence electrons. The zero-order valence-corrected chi connectivity index (χ0v) is 10.6. The molecule has 0 heterocycles. The number of rotatable bonds is 2. The van der Waals surface area contributed by atoms with Crippen LogP contribution < -0.4 is 4.46 Å². The number of carbonyl (C=O) groups is 1. The van der Waals surface area contributed by atoms with Crippen molar-refractivity contribution in [1.29, 1.82) is 0 Å². The summed E-state index contributed by atoms with van der Waals surface area (Å²) in [6, 6.07) is 4.21. The monoisotopic (exact) mass is 258 g/mol. The number of carbonyl (C=O) groups excluding carboxylic acids is 1. The molecule has 1 rings (SSSR count). The van der Waals surface area contributed by atoms with Crippen molar-refractivity contribution in [2.24, 2.45) is 0 Å². The van der Waals surface area contributed by atoms with E-state index in [1.165, 1.54) is 23.8 Å². The Morgan fingerprint density at radius 2 is 1.71 bits per heavy atom. The van der Waals surface area contributed by atoms with Gasteiger partial charge in [-0.15, -0.1) is 0 Å². The number of hydrogen-bond acceptors (Lipinski definition) is 2. The number of ether oxygens (including phenoxy) is 1. The maximum atomic E-state index is 11.2. The van der Waals surface area contributed by atoms with Gasteiger partial charge in [0.2, 0.25) is 0 Å². The van der Waals surface area contributed by atoms with Gasteiger partial charge in [-0.3, -0.25) is 0 Å². The average Bonchev–Trinajstić information content (AvgIpc) is 2.10. The number of aryl methyl sites for hydroxylation is 3. The fourth-order valence-corrected chi connectivity index (χ4v) is 2.90. The molecule has 0 aliphatic heterocycles. The van der Waals surface area contributed by atoms with Crippen molar-refractivity contribution in [2.75, 3.05) is 7.11 Å². The van der Waals surface area contributed by atoms with Crippen LogP contribution in [0.5, 0.6) is 0 Å². The molecule has 0 aliphatic rings. The molecule has 0 fully saturated rings. The van der Waals surface area contributed by atoms with Gasteiger partial charge in [0.25, 0.3) is 0 Å². The molecule has 1 aromatic carbocycles. The third-order valence-corrected chi connectivity index (χ3v) is 4.44. The van der Waals surface area contributed by atoms with E-state index < -0.39 is 0 Å². The summed E-state index contributed by atoms with van der Waals surface area (Å²) in [5, 5.41) is 0. The summed E-state index contributed by atoms with van der Waals surface area (Å²) in [6.07, 6.45) is 0. The minimum absolute atomic E-state index is 0.118. The minimum atomic E-state index is -0.212. The van der Waals surface area contributed by atoms with Crippen molar-refractivity contribution in [3.8, 4) is 0 Å². The Morgan fingerprint density at radius 1 is 1.21 bits per heavy atom. The normalized spacial score (nSPS) is 10.0. The summed E-state index contributed by atoms with van der Waals surface area (Å²) < 4.78 is 5.83. The molecule has 0 N–H and O–H groups in total. The molecule has 0 saturated carbocycles. The van der Waals surface area contributed by atoms with Crippen molar-refractivity contribution in [2.45, 2.75) is 20.8 Å². The first-order chi connectivity index (χ1) is 6.54.